The van der Waals surface area contributed by atoms with Crippen molar-refractivity contribution in [1.29, 1.82) is 0 Å². The predicted octanol–water partition coefficient (Wildman–Crippen LogP) is 3.79. The van der Waals surface area contributed by atoms with E-state index in [4.69, 9.17) is 4.74 Å². The van der Waals surface area contributed by atoms with Gasteiger partial charge in [0, 0.05) is 25.4 Å². The zero-order valence-corrected chi connectivity index (χ0v) is 15.5. The molecule has 1 aromatic carbocycles. The Hall–Kier alpha value is -2.80. The van der Waals surface area contributed by atoms with Crippen LogP contribution < -0.4 is 4.74 Å². The van der Waals surface area contributed by atoms with E-state index in [1.807, 2.05) is 18.7 Å². The van der Waals surface area contributed by atoms with Crippen LogP contribution in [0.3, 0.4) is 0 Å². The number of hydrogen-bond donors (Lipinski definition) is 0. The Balaban J connectivity index is 1.51. The van der Waals surface area contributed by atoms with Gasteiger partial charge in [-0.15, -0.1) is 0 Å². The number of nitrogens with zero attached hydrogens (tertiary/aromatic N) is 5. The topological polar surface area (TPSA) is 56.1 Å². The summed E-state index contributed by atoms with van der Waals surface area (Å²) in [7, 11) is 1.94. The largest absolute Gasteiger partial charge is 0.437 e. The number of benzene rings is 1. The van der Waals surface area contributed by atoms with E-state index >= 15 is 0 Å². The van der Waals surface area contributed by atoms with Gasteiger partial charge in [0.15, 0.2) is 0 Å². The number of aromatic nitrogens is 4. The fraction of sp³-hybridized carbons (Fsp3) is 0.350. The quantitative estimate of drug-likeness (QED) is 0.687. The second kappa shape index (κ2) is 7.44. The van der Waals surface area contributed by atoms with E-state index in [0.717, 1.165) is 37.3 Å². The third-order valence-electron chi connectivity index (χ3n) is 4.86. The summed E-state index contributed by atoms with van der Waals surface area (Å²) < 4.78 is 20.6. The van der Waals surface area contributed by atoms with Gasteiger partial charge in [0.1, 0.15) is 11.6 Å². The summed E-state index contributed by atoms with van der Waals surface area (Å²) >= 11 is 0. The normalized spacial score (nSPS) is 17.4. The molecule has 6 nitrogen and oxygen atoms in total. The standard InChI is InChI=1S/C20H22FN5O/c1-14-15(12-25(2)24-14)13-26-9-3-4-19(26)18-10-22-11-20(23-18)27-17-7-5-16(21)6-8-17/h5-8,10-12,19H,3-4,9,13H2,1-2H3/t19-/m1/s1. The Morgan fingerprint density at radius 2 is 2.04 bits per heavy atom. The van der Waals surface area contributed by atoms with Crippen molar-refractivity contribution in [1.82, 2.24) is 24.6 Å². The van der Waals surface area contributed by atoms with Crippen molar-refractivity contribution in [3.63, 3.8) is 0 Å². The minimum absolute atomic E-state index is 0.203. The van der Waals surface area contributed by atoms with Crippen molar-refractivity contribution in [3.05, 3.63) is 65.6 Å². The second-order valence-corrected chi connectivity index (χ2v) is 6.88. The molecule has 2 aromatic heterocycles. The molecule has 1 fully saturated rings. The van der Waals surface area contributed by atoms with Crippen LogP contribution in [0.15, 0.2) is 42.9 Å². The Kier molecular flexibility index (Phi) is 4.85. The molecule has 0 bridgehead atoms. The maximum absolute atomic E-state index is 13.1. The summed E-state index contributed by atoms with van der Waals surface area (Å²) in [4.78, 5) is 11.4. The molecule has 3 aromatic rings. The van der Waals surface area contributed by atoms with E-state index in [1.54, 1.807) is 24.5 Å². The van der Waals surface area contributed by atoms with Crippen LogP contribution in [-0.4, -0.2) is 31.2 Å². The van der Waals surface area contributed by atoms with E-state index in [-0.39, 0.29) is 11.9 Å². The van der Waals surface area contributed by atoms with Gasteiger partial charge in [0.25, 0.3) is 0 Å². The third-order valence-corrected chi connectivity index (χ3v) is 4.86. The first-order valence-corrected chi connectivity index (χ1v) is 9.07. The fourth-order valence-electron chi connectivity index (χ4n) is 3.57. The summed E-state index contributed by atoms with van der Waals surface area (Å²) in [5.74, 6) is 0.662. The molecular weight excluding hydrogens is 345 g/mol. The minimum atomic E-state index is -0.297. The Bertz CT molecular complexity index is 924. The summed E-state index contributed by atoms with van der Waals surface area (Å²) in [5, 5.41) is 4.43. The number of rotatable bonds is 5. The molecule has 0 radical (unpaired) electrons. The van der Waals surface area contributed by atoms with Gasteiger partial charge in [0.05, 0.1) is 29.8 Å². The van der Waals surface area contributed by atoms with Crippen molar-refractivity contribution in [3.8, 4) is 11.6 Å². The average Bonchev–Trinajstić information content (AvgIpc) is 3.24. The summed E-state index contributed by atoms with van der Waals surface area (Å²) in [5.41, 5.74) is 3.19. The smallest absolute Gasteiger partial charge is 0.238 e. The Morgan fingerprint density at radius 1 is 1.22 bits per heavy atom. The molecule has 4 rings (SSSR count). The van der Waals surface area contributed by atoms with Gasteiger partial charge in [-0.25, -0.2) is 9.37 Å². The summed E-state index contributed by atoms with van der Waals surface area (Å²) in [6, 6.07) is 6.09. The Morgan fingerprint density at radius 3 is 2.78 bits per heavy atom. The predicted molar refractivity (Wildman–Crippen MR) is 98.8 cm³/mol. The first kappa shape index (κ1) is 17.6. The van der Waals surface area contributed by atoms with E-state index in [0.29, 0.717) is 11.6 Å². The van der Waals surface area contributed by atoms with Crippen molar-refractivity contribution in [2.24, 2.45) is 7.05 Å². The number of likely N-dealkylation sites (tertiary alicyclic amines) is 1. The van der Waals surface area contributed by atoms with Crippen LogP contribution in [0.4, 0.5) is 4.39 Å². The van der Waals surface area contributed by atoms with Crippen molar-refractivity contribution in [2.75, 3.05) is 6.54 Å². The third kappa shape index (κ3) is 3.98. The molecule has 140 valence electrons. The van der Waals surface area contributed by atoms with E-state index in [9.17, 15) is 4.39 Å². The second-order valence-electron chi connectivity index (χ2n) is 6.88. The molecule has 1 saturated heterocycles. The average molecular weight is 367 g/mol. The Labute approximate surface area is 157 Å². The van der Waals surface area contributed by atoms with Gasteiger partial charge < -0.3 is 4.74 Å². The number of hydrogen-bond acceptors (Lipinski definition) is 5. The zero-order valence-electron chi connectivity index (χ0n) is 15.5. The molecule has 0 amide bonds. The van der Waals surface area contributed by atoms with Gasteiger partial charge in [-0.1, -0.05) is 0 Å². The lowest BCUT2D eigenvalue weighted by molar-refractivity contribution is 0.242. The summed E-state index contributed by atoms with van der Waals surface area (Å²) in [6.07, 6.45) is 7.61. The van der Waals surface area contributed by atoms with Crippen LogP contribution in [0.2, 0.25) is 0 Å². The molecular formula is C20H22FN5O. The van der Waals surface area contributed by atoms with Gasteiger partial charge in [-0.05, 0) is 50.6 Å². The highest BCUT2D eigenvalue weighted by atomic mass is 19.1. The molecule has 0 saturated carbocycles. The molecule has 1 atom stereocenters. The fourth-order valence-corrected chi connectivity index (χ4v) is 3.57. The van der Waals surface area contributed by atoms with Gasteiger partial charge in [-0.3, -0.25) is 14.6 Å². The lowest BCUT2D eigenvalue weighted by atomic mass is 10.1. The van der Waals surface area contributed by atoms with Crippen LogP contribution in [0.1, 0.15) is 35.8 Å². The lowest BCUT2D eigenvalue weighted by Crippen LogP contribution is -2.23. The number of aryl methyl sites for hydroxylation is 2. The highest BCUT2D eigenvalue weighted by Gasteiger charge is 2.28. The van der Waals surface area contributed by atoms with E-state index in [2.05, 4.69) is 26.2 Å². The first-order chi connectivity index (χ1) is 13.1. The zero-order chi connectivity index (χ0) is 18.8. The van der Waals surface area contributed by atoms with Gasteiger partial charge in [0.2, 0.25) is 5.88 Å². The van der Waals surface area contributed by atoms with Crippen LogP contribution in [0.5, 0.6) is 11.6 Å². The maximum atomic E-state index is 13.1. The lowest BCUT2D eigenvalue weighted by Gasteiger charge is -2.23. The van der Waals surface area contributed by atoms with Crippen LogP contribution in [0.25, 0.3) is 0 Å². The SMILES string of the molecule is Cc1nn(C)cc1CN1CCC[C@@H]1c1cncc(Oc2ccc(F)cc2)n1. The van der Waals surface area contributed by atoms with E-state index < -0.39 is 0 Å². The molecule has 1 aliphatic heterocycles. The molecule has 0 spiro atoms. The van der Waals surface area contributed by atoms with E-state index in [1.165, 1.54) is 17.7 Å². The summed E-state index contributed by atoms with van der Waals surface area (Å²) in [6.45, 7) is 3.90. The van der Waals surface area contributed by atoms with Crippen LogP contribution in [-0.2, 0) is 13.6 Å². The molecule has 3 heterocycles. The van der Waals surface area contributed by atoms with Crippen molar-refractivity contribution in [2.45, 2.75) is 32.4 Å². The first-order valence-electron chi connectivity index (χ1n) is 9.07. The van der Waals surface area contributed by atoms with Gasteiger partial charge in [-0.2, -0.15) is 5.10 Å². The number of halogens is 1. The van der Waals surface area contributed by atoms with Crippen LogP contribution in [0, 0.1) is 12.7 Å². The van der Waals surface area contributed by atoms with Gasteiger partial charge >= 0.3 is 0 Å². The molecule has 27 heavy (non-hydrogen) atoms. The molecule has 1 aliphatic rings. The molecule has 7 heteroatoms. The maximum Gasteiger partial charge on any atom is 0.238 e. The minimum Gasteiger partial charge on any atom is -0.437 e. The van der Waals surface area contributed by atoms with Crippen molar-refractivity contribution < 1.29 is 9.13 Å². The highest BCUT2D eigenvalue weighted by Crippen LogP contribution is 2.33. The molecule has 0 aliphatic carbocycles. The van der Waals surface area contributed by atoms with Crippen molar-refractivity contribution >= 4 is 0 Å². The highest BCUT2D eigenvalue weighted by molar-refractivity contribution is 5.27. The molecule has 0 N–H and O–H groups in total. The number of ether oxygens (including phenoxy) is 1. The molecule has 0 unspecified atom stereocenters. The monoisotopic (exact) mass is 367 g/mol. The van der Waals surface area contributed by atoms with Crippen LogP contribution >= 0.6 is 0 Å².